The second-order valence-electron chi connectivity index (χ2n) is 3.68. The molecule has 0 aliphatic heterocycles. The maximum absolute atomic E-state index is 5.52. The molecule has 0 fully saturated rings. The van der Waals surface area contributed by atoms with Gasteiger partial charge in [-0.15, -0.1) is 0 Å². The van der Waals surface area contributed by atoms with E-state index in [1.807, 2.05) is 12.5 Å². The minimum absolute atomic E-state index is 0.709. The van der Waals surface area contributed by atoms with E-state index in [0.29, 0.717) is 6.54 Å². The Balaban J connectivity index is 2.30. The van der Waals surface area contributed by atoms with Crippen LogP contribution in [0.15, 0.2) is 12.5 Å². The molecule has 0 aliphatic carbocycles. The van der Waals surface area contributed by atoms with Crippen molar-refractivity contribution in [2.45, 2.75) is 45.6 Å². The van der Waals surface area contributed by atoms with E-state index in [-0.39, 0.29) is 0 Å². The molecule has 0 spiro atoms. The highest BCUT2D eigenvalue weighted by Crippen LogP contribution is 2.05. The van der Waals surface area contributed by atoms with Crippen LogP contribution in [0.25, 0.3) is 0 Å². The van der Waals surface area contributed by atoms with Gasteiger partial charge in [-0.05, 0) is 13.0 Å². The Hall–Kier alpha value is -0.830. The molecular formula is C11H21N3. The zero-order valence-corrected chi connectivity index (χ0v) is 9.08. The van der Waals surface area contributed by atoms with Crippen LogP contribution in [0.4, 0.5) is 0 Å². The van der Waals surface area contributed by atoms with E-state index in [2.05, 4.69) is 16.5 Å². The largest absolute Gasteiger partial charge is 0.335 e. The van der Waals surface area contributed by atoms with Gasteiger partial charge >= 0.3 is 0 Å². The molecule has 0 saturated heterocycles. The van der Waals surface area contributed by atoms with Crippen molar-refractivity contribution in [3.05, 3.63) is 18.2 Å². The van der Waals surface area contributed by atoms with Crippen molar-refractivity contribution in [2.24, 2.45) is 5.73 Å². The first-order valence-corrected chi connectivity index (χ1v) is 5.57. The maximum atomic E-state index is 5.52. The van der Waals surface area contributed by atoms with Gasteiger partial charge in [0, 0.05) is 24.9 Å². The fraction of sp³-hybridized carbons (Fsp3) is 0.727. The van der Waals surface area contributed by atoms with Gasteiger partial charge in [-0.3, -0.25) is 0 Å². The minimum Gasteiger partial charge on any atom is -0.335 e. The number of hydrogen-bond acceptors (Lipinski definition) is 2. The maximum Gasteiger partial charge on any atom is 0.0948 e. The summed E-state index contributed by atoms with van der Waals surface area (Å²) in [5.41, 5.74) is 6.79. The number of imidazole rings is 1. The van der Waals surface area contributed by atoms with E-state index < -0.39 is 0 Å². The van der Waals surface area contributed by atoms with E-state index in [0.717, 1.165) is 13.0 Å². The second kappa shape index (κ2) is 6.60. The molecule has 1 heterocycles. The molecule has 1 rings (SSSR count). The highest BCUT2D eigenvalue weighted by molar-refractivity contribution is 4.98. The van der Waals surface area contributed by atoms with Crippen LogP contribution in [-0.4, -0.2) is 16.1 Å². The van der Waals surface area contributed by atoms with Crippen molar-refractivity contribution in [3.8, 4) is 0 Å². The lowest BCUT2D eigenvalue weighted by Gasteiger charge is -2.06. The van der Waals surface area contributed by atoms with Crippen molar-refractivity contribution in [2.75, 3.05) is 6.54 Å². The summed E-state index contributed by atoms with van der Waals surface area (Å²) in [6.07, 6.45) is 9.97. The predicted octanol–water partition coefficient (Wildman–Crippen LogP) is 1.96. The minimum atomic E-state index is 0.709. The molecule has 0 amide bonds. The van der Waals surface area contributed by atoms with Gasteiger partial charge in [0.1, 0.15) is 0 Å². The topological polar surface area (TPSA) is 43.8 Å². The molecule has 14 heavy (non-hydrogen) atoms. The number of unbranched alkanes of at least 4 members (excludes halogenated alkanes) is 3. The first kappa shape index (κ1) is 11.2. The van der Waals surface area contributed by atoms with Crippen molar-refractivity contribution in [3.63, 3.8) is 0 Å². The molecule has 0 aromatic carbocycles. The van der Waals surface area contributed by atoms with Crippen molar-refractivity contribution < 1.29 is 0 Å². The van der Waals surface area contributed by atoms with Gasteiger partial charge in [-0.1, -0.05) is 26.2 Å². The Morgan fingerprint density at radius 2 is 2.21 bits per heavy atom. The summed E-state index contributed by atoms with van der Waals surface area (Å²) in [4.78, 5) is 4.15. The summed E-state index contributed by atoms with van der Waals surface area (Å²) in [5, 5.41) is 0. The van der Waals surface area contributed by atoms with Gasteiger partial charge in [0.25, 0.3) is 0 Å². The lowest BCUT2D eigenvalue weighted by Crippen LogP contribution is -2.08. The van der Waals surface area contributed by atoms with Crippen molar-refractivity contribution in [1.82, 2.24) is 9.55 Å². The summed E-state index contributed by atoms with van der Waals surface area (Å²) < 4.78 is 2.22. The normalized spacial score (nSPS) is 10.7. The fourth-order valence-electron chi connectivity index (χ4n) is 1.61. The molecule has 0 aliphatic rings. The van der Waals surface area contributed by atoms with Crippen LogP contribution in [0.2, 0.25) is 0 Å². The first-order valence-electron chi connectivity index (χ1n) is 5.57. The van der Waals surface area contributed by atoms with E-state index in [1.54, 1.807) is 0 Å². The van der Waals surface area contributed by atoms with Crippen LogP contribution in [0, 0.1) is 0 Å². The molecule has 2 N–H and O–H groups in total. The monoisotopic (exact) mass is 195 g/mol. The van der Waals surface area contributed by atoms with E-state index >= 15 is 0 Å². The van der Waals surface area contributed by atoms with Crippen molar-refractivity contribution >= 4 is 0 Å². The average Bonchev–Trinajstić information content (AvgIpc) is 2.61. The summed E-state index contributed by atoms with van der Waals surface area (Å²) in [6.45, 7) is 4.03. The standard InChI is InChI=1S/C11H21N3/c1-2-3-4-5-8-14-10-13-9-11(14)6-7-12/h9-10H,2-8,12H2,1H3. The number of nitrogens with zero attached hydrogens (tertiary/aromatic N) is 2. The molecule has 3 nitrogen and oxygen atoms in total. The quantitative estimate of drug-likeness (QED) is 0.676. The van der Waals surface area contributed by atoms with Crippen LogP contribution >= 0.6 is 0 Å². The average molecular weight is 195 g/mol. The molecule has 80 valence electrons. The molecule has 3 heteroatoms. The molecule has 0 saturated carbocycles. The van der Waals surface area contributed by atoms with E-state index in [9.17, 15) is 0 Å². The van der Waals surface area contributed by atoms with Gasteiger partial charge in [0.2, 0.25) is 0 Å². The highest BCUT2D eigenvalue weighted by atomic mass is 15.0. The van der Waals surface area contributed by atoms with Gasteiger partial charge in [0.05, 0.1) is 6.33 Å². The first-order chi connectivity index (χ1) is 6.88. The number of aromatic nitrogens is 2. The highest BCUT2D eigenvalue weighted by Gasteiger charge is 1.99. The number of hydrogen-bond donors (Lipinski definition) is 1. The third kappa shape index (κ3) is 3.50. The number of rotatable bonds is 7. The molecule has 1 aromatic rings. The molecule has 0 radical (unpaired) electrons. The predicted molar refractivity (Wildman–Crippen MR) is 59.1 cm³/mol. The van der Waals surface area contributed by atoms with Gasteiger partial charge in [-0.2, -0.15) is 0 Å². The fourth-order valence-corrected chi connectivity index (χ4v) is 1.61. The van der Waals surface area contributed by atoms with Gasteiger partial charge in [0.15, 0.2) is 0 Å². The molecule has 0 bridgehead atoms. The van der Waals surface area contributed by atoms with Crippen LogP contribution in [-0.2, 0) is 13.0 Å². The third-order valence-corrected chi connectivity index (χ3v) is 2.45. The molecule has 0 unspecified atom stereocenters. The lowest BCUT2D eigenvalue weighted by molar-refractivity contribution is 0.567. The Kier molecular flexibility index (Phi) is 5.30. The Labute approximate surface area is 86.3 Å². The van der Waals surface area contributed by atoms with Crippen LogP contribution in [0.5, 0.6) is 0 Å². The lowest BCUT2D eigenvalue weighted by atomic mass is 10.2. The van der Waals surface area contributed by atoms with Gasteiger partial charge < -0.3 is 10.3 Å². The van der Waals surface area contributed by atoms with E-state index in [1.165, 1.54) is 31.4 Å². The molecular weight excluding hydrogens is 174 g/mol. The zero-order chi connectivity index (χ0) is 10.2. The second-order valence-corrected chi connectivity index (χ2v) is 3.68. The Morgan fingerprint density at radius 1 is 1.36 bits per heavy atom. The van der Waals surface area contributed by atoms with Crippen LogP contribution in [0.1, 0.15) is 38.3 Å². The summed E-state index contributed by atoms with van der Waals surface area (Å²) >= 11 is 0. The van der Waals surface area contributed by atoms with Crippen LogP contribution in [0.3, 0.4) is 0 Å². The Morgan fingerprint density at radius 3 is 2.93 bits per heavy atom. The number of nitrogens with two attached hydrogens (primary N) is 1. The van der Waals surface area contributed by atoms with E-state index in [4.69, 9.17) is 5.73 Å². The smallest absolute Gasteiger partial charge is 0.0948 e. The third-order valence-electron chi connectivity index (χ3n) is 2.45. The summed E-state index contributed by atoms with van der Waals surface area (Å²) in [5.74, 6) is 0. The summed E-state index contributed by atoms with van der Waals surface area (Å²) in [6, 6.07) is 0. The number of aryl methyl sites for hydroxylation is 1. The van der Waals surface area contributed by atoms with Gasteiger partial charge in [-0.25, -0.2) is 4.98 Å². The van der Waals surface area contributed by atoms with Crippen molar-refractivity contribution in [1.29, 1.82) is 0 Å². The Bertz CT molecular complexity index is 242. The SMILES string of the molecule is CCCCCCn1cncc1CCN. The molecule has 1 aromatic heterocycles. The zero-order valence-electron chi connectivity index (χ0n) is 9.08. The van der Waals surface area contributed by atoms with Crippen LogP contribution < -0.4 is 5.73 Å². The summed E-state index contributed by atoms with van der Waals surface area (Å²) in [7, 11) is 0. The molecule has 0 atom stereocenters.